The molecule has 2 aliphatic heterocycles. The Morgan fingerprint density at radius 2 is 1.93 bits per heavy atom. The van der Waals surface area contributed by atoms with Gasteiger partial charge in [0.2, 0.25) is 0 Å². The van der Waals surface area contributed by atoms with Crippen LogP contribution < -0.4 is 10.2 Å². The molecule has 2 fully saturated rings. The van der Waals surface area contributed by atoms with Crippen molar-refractivity contribution in [2.75, 3.05) is 11.9 Å². The van der Waals surface area contributed by atoms with Crippen LogP contribution in [0.1, 0.15) is 25.7 Å². The second-order valence-electron chi connectivity index (χ2n) is 7.69. The van der Waals surface area contributed by atoms with Gasteiger partial charge in [-0.15, -0.1) is 10.2 Å². The highest BCUT2D eigenvalue weighted by Gasteiger charge is 2.35. The molecule has 0 spiro atoms. The number of phenols is 1. The smallest absolute Gasteiger partial charge is 0.151 e. The molecule has 2 aliphatic rings. The predicted octanol–water partition coefficient (Wildman–Crippen LogP) is 2.15. The summed E-state index contributed by atoms with van der Waals surface area (Å²) in [4.78, 5) is 6.17. The predicted molar refractivity (Wildman–Crippen MR) is 105 cm³/mol. The summed E-state index contributed by atoms with van der Waals surface area (Å²) >= 11 is 0. The van der Waals surface area contributed by atoms with E-state index in [1.165, 1.54) is 19.2 Å². The lowest BCUT2D eigenvalue weighted by atomic mass is 9.98. The van der Waals surface area contributed by atoms with Crippen LogP contribution in [0.25, 0.3) is 16.9 Å². The fraction of sp³-hybridized carbons (Fsp3) is 0.400. The van der Waals surface area contributed by atoms with Crippen LogP contribution in [0.2, 0.25) is 0 Å². The maximum absolute atomic E-state index is 10.4. The average Bonchev–Trinajstić information content (AvgIpc) is 3.37. The van der Waals surface area contributed by atoms with E-state index in [1.54, 1.807) is 17.1 Å². The normalized spacial score (nSPS) is 23.7. The Hall–Kier alpha value is -3.00. The van der Waals surface area contributed by atoms with Crippen molar-refractivity contribution in [1.29, 1.82) is 0 Å². The van der Waals surface area contributed by atoms with E-state index in [1.807, 2.05) is 24.3 Å². The van der Waals surface area contributed by atoms with E-state index in [2.05, 4.69) is 37.5 Å². The molecule has 0 saturated carbocycles. The maximum Gasteiger partial charge on any atom is 0.151 e. The first-order chi connectivity index (χ1) is 13.7. The second kappa shape index (κ2) is 6.87. The Morgan fingerprint density at radius 3 is 2.57 bits per heavy atom. The first-order valence-electron chi connectivity index (χ1n) is 9.68. The topological polar surface area (TPSA) is 92.0 Å². The summed E-state index contributed by atoms with van der Waals surface area (Å²) in [5, 5.41) is 27.0. The molecule has 2 N–H and O–H groups in total. The lowest BCUT2D eigenvalue weighted by molar-refractivity contribution is 0.353. The molecule has 28 heavy (non-hydrogen) atoms. The minimum atomic E-state index is 0.137. The van der Waals surface area contributed by atoms with Crippen LogP contribution in [0, 0.1) is 0 Å². The van der Waals surface area contributed by atoms with Gasteiger partial charge in [0.15, 0.2) is 5.82 Å². The van der Waals surface area contributed by atoms with E-state index >= 15 is 0 Å². The van der Waals surface area contributed by atoms with Gasteiger partial charge in [0.1, 0.15) is 18.4 Å². The molecule has 2 bridgehead atoms. The van der Waals surface area contributed by atoms with Gasteiger partial charge in [0.25, 0.3) is 0 Å². The van der Waals surface area contributed by atoms with Crippen molar-refractivity contribution in [3.8, 4) is 22.7 Å². The van der Waals surface area contributed by atoms with Crippen molar-refractivity contribution in [3.63, 3.8) is 0 Å². The van der Waals surface area contributed by atoms with Gasteiger partial charge in [-0.2, -0.15) is 5.10 Å². The number of hydrogen-bond acceptors (Lipinski definition) is 7. The molecule has 0 radical (unpaired) electrons. The molecule has 2 saturated heterocycles. The quantitative estimate of drug-likeness (QED) is 0.720. The molecular formula is C20H23N7O. The number of rotatable bonds is 4. The molecule has 8 nitrogen and oxygen atoms in total. The number of piperidine rings is 1. The van der Waals surface area contributed by atoms with Crippen molar-refractivity contribution >= 4 is 5.82 Å². The fourth-order valence-electron chi connectivity index (χ4n) is 4.41. The summed E-state index contributed by atoms with van der Waals surface area (Å²) in [7, 11) is 2.10. The summed E-state index contributed by atoms with van der Waals surface area (Å²) in [6.07, 6.45) is 7.92. The molecule has 0 amide bonds. The van der Waals surface area contributed by atoms with Crippen LogP contribution in [0.4, 0.5) is 5.82 Å². The molecule has 1 aromatic carbocycles. The number of nitrogens with zero attached hydrogens (tertiary/aromatic N) is 6. The first kappa shape index (κ1) is 17.1. The minimum Gasteiger partial charge on any atom is -0.507 e. The lowest BCUT2D eigenvalue weighted by Crippen LogP contribution is -2.47. The molecular weight excluding hydrogens is 354 g/mol. The number of aromatic hydroxyl groups is 1. The summed E-state index contributed by atoms with van der Waals surface area (Å²) in [6, 6.07) is 11.0. The molecule has 3 atom stereocenters. The minimum absolute atomic E-state index is 0.137. The van der Waals surface area contributed by atoms with Gasteiger partial charge in [-0.05, 0) is 49.9 Å². The number of hydrogen-bond donors (Lipinski definition) is 2. The molecule has 0 unspecified atom stereocenters. The lowest BCUT2D eigenvalue weighted by Gasteiger charge is -2.36. The third-order valence-electron chi connectivity index (χ3n) is 5.95. The Bertz CT molecular complexity index is 945. The van der Waals surface area contributed by atoms with Crippen molar-refractivity contribution in [1.82, 2.24) is 30.3 Å². The van der Waals surface area contributed by atoms with Crippen molar-refractivity contribution < 1.29 is 5.11 Å². The molecule has 4 heterocycles. The zero-order valence-corrected chi connectivity index (χ0v) is 15.7. The molecule has 3 aromatic rings. The van der Waals surface area contributed by atoms with E-state index in [0.717, 1.165) is 24.3 Å². The second-order valence-corrected chi connectivity index (χ2v) is 7.69. The highest BCUT2D eigenvalue weighted by Crippen LogP contribution is 2.32. The van der Waals surface area contributed by atoms with Gasteiger partial charge in [0, 0.05) is 36.8 Å². The number of nitrogens with one attached hydrogen (secondary N) is 1. The average molecular weight is 377 g/mol. The third-order valence-corrected chi connectivity index (χ3v) is 5.95. The van der Waals surface area contributed by atoms with E-state index < -0.39 is 0 Å². The molecule has 8 heteroatoms. The highest BCUT2D eigenvalue weighted by molar-refractivity contribution is 5.68. The van der Waals surface area contributed by atoms with Crippen LogP contribution in [-0.4, -0.2) is 55.2 Å². The Balaban J connectivity index is 1.35. The monoisotopic (exact) mass is 377 g/mol. The van der Waals surface area contributed by atoms with E-state index in [0.29, 0.717) is 29.4 Å². The summed E-state index contributed by atoms with van der Waals surface area (Å²) in [5.41, 5.74) is 2.03. The summed E-state index contributed by atoms with van der Waals surface area (Å²) in [6.45, 7) is 0. The van der Waals surface area contributed by atoms with Gasteiger partial charge in [-0.1, -0.05) is 0 Å². The maximum atomic E-state index is 10.4. The highest BCUT2D eigenvalue weighted by atomic mass is 16.3. The Morgan fingerprint density at radius 1 is 1.11 bits per heavy atom. The van der Waals surface area contributed by atoms with Gasteiger partial charge in [-0.3, -0.25) is 0 Å². The van der Waals surface area contributed by atoms with Gasteiger partial charge in [0.05, 0.1) is 11.4 Å². The third kappa shape index (κ3) is 3.09. The van der Waals surface area contributed by atoms with E-state index in [4.69, 9.17) is 0 Å². The molecule has 0 aliphatic carbocycles. The Kier molecular flexibility index (Phi) is 4.20. The molecule has 5 rings (SSSR count). The van der Waals surface area contributed by atoms with Crippen LogP contribution in [0.5, 0.6) is 5.75 Å². The number of fused-ring (bicyclic) bond motifs is 2. The van der Waals surface area contributed by atoms with Crippen LogP contribution in [-0.2, 0) is 0 Å². The van der Waals surface area contributed by atoms with Gasteiger partial charge >= 0.3 is 0 Å². The van der Waals surface area contributed by atoms with Crippen molar-refractivity contribution in [2.45, 2.75) is 43.8 Å². The summed E-state index contributed by atoms with van der Waals surface area (Å²) < 4.78 is 1.60. The fourth-order valence-corrected chi connectivity index (χ4v) is 4.41. The van der Waals surface area contributed by atoms with Gasteiger partial charge < -0.3 is 15.3 Å². The number of aromatic nitrogens is 5. The summed E-state index contributed by atoms with van der Waals surface area (Å²) in [5.74, 6) is 1.01. The van der Waals surface area contributed by atoms with Crippen LogP contribution >= 0.6 is 0 Å². The number of phenolic OH excluding ortho intramolecular Hbond substituents is 1. The molecule has 144 valence electrons. The largest absolute Gasteiger partial charge is 0.507 e. The van der Waals surface area contributed by atoms with E-state index in [9.17, 15) is 5.11 Å². The number of anilines is 1. The van der Waals surface area contributed by atoms with Crippen LogP contribution in [0.3, 0.4) is 0 Å². The van der Waals surface area contributed by atoms with E-state index in [-0.39, 0.29) is 5.75 Å². The van der Waals surface area contributed by atoms with Crippen LogP contribution in [0.15, 0.2) is 43.0 Å². The SMILES string of the molecule is CN(c1ccc(-c2ccc(-n3cncn3)cc2O)nn1)[C@H]1C[C@H]2CC[C@@H](C1)N2. The standard InChI is InChI=1S/C20H23N7O/c1-26(16-8-13-2-3-14(9-16)23-13)20-7-6-18(24-25-20)17-5-4-15(10-19(17)28)27-12-21-11-22-27/h4-7,10-14,16,23,28H,2-3,8-9H2,1H3/t13-,14+,16+. The zero-order chi connectivity index (χ0) is 19.1. The molecule has 2 aromatic heterocycles. The zero-order valence-electron chi connectivity index (χ0n) is 15.7. The first-order valence-corrected chi connectivity index (χ1v) is 9.68. The number of benzene rings is 1. The van der Waals surface area contributed by atoms with Crippen molar-refractivity contribution in [2.24, 2.45) is 0 Å². The van der Waals surface area contributed by atoms with Crippen molar-refractivity contribution in [3.05, 3.63) is 43.0 Å². The van der Waals surface area contributed by atoms with Gasteiger partial charge in [-0.25, -0.2) is 9.67 Å². The Labute approximate surface area is 163 Å².